The third kappa shape index (κ3) is 6.11. The minimum Gasteiger partial charge on any atom is -0.477 e. The second kappa shape index (κ2) is 10.8. The van der Waals surface area contributed by atoms with E-state index in [-0.39, 0.29) is 24.6 Å². The van der Waals surface area contributed by atoms with Gasteiger partial charge in [-0.3, -0.25) is 9.78 Å². The van der Waals surface area contributed by atoms with Gasteiger partial charge in [-0.15, -0.1) is 0 Å². The second-order valence-corrected chi connectivity index (χ2v) is 7.81. The first-order valence-corrected chi connectivity index (χ1v) is 10.6. The van der Waals surface area contributed by atoms with Crippen LogP contribution in [0.25, 0.3) is 11.3 Å². The highest BCUT2D eigenvalue weighted by atomic mass is 19.1. The molecule has 0 aromatic carbocycles. The molecule has 0 bridgehead atoms. The SMILES string of the molecule is C=C(/C=C(F)\C(C)=C/C)CNC(=O)c1cc(-c2ncccc2CO)cnc1OCC1CC1. The van der Waals surface area contributed by atoms with Crippen molar-refractivity contribution in [2.24, 2.45) is 5.92 Å². The van der Waals surface area contributed by atoms with E-state index >= 15 is 0 Å². The van der Waals surface area contributed by atoms with Crippen LogP contribution in [0.2, 0.25) is 0 Å². The number of hydrogen-bond donors (Lipinski definition) is 2. The fourth-order valence-corrected chi connectivity index (χ4v) is 2.94. The van der Waals surface area contributed by atoms with Crippen molar-refractivity contribution >= 4 is 5.91 Å². The molecule has 6 nitrogen and oxygen atoms in total. The van der Waals surface area contributed by atoms with Crippen LogP contribution in [0.3, 0.4) is 0 Å². The van der Waals surface area contributed by atoms with E-state index in [4.69, 9.17) is 4.74 Å². The van der Waals surface area contributed by atoms with Crippen LogP contribution in [-0.2, 0) is 6.61 Å². The van der Waals surface area contributed by atoms with E-state index in [1.54, 1.807) is 50.5 Å². The lowest BCUT2D eigenvalue weighted by Crippen LogP contribution is -2.26. The first kappa shape index (κ1) is 23.3. The van der Waals surface area contributed by atoms with Crippen LogP contribution < -0.4 is 10.1 Å². The third-order valence-corrected chi connectivity index (χ3v) is 5.20. The van der Waals surface area contributed by atoms with Crippen LogP contribution in [-0.4, -0.2) is 34.1 Å². The van der Waals surface area contributed by atoms with Gasteiger partial charge in [-0.2, -0.15) is 0 Å². The number of aromatic nitrogens is 2. The van der Waals surface area contributed by atoms with E-state index in [0.717, 1.165) is 12.8 Å². The van der Waals surface area contributed by atoms with Gasteiger partial charge in [-0.1, -0.05) is 18.7 Å². The summed E-state index contributed by atoms with van der Waals surface area (Å²) in [4.78, 5) is 21.7. The van der Waals surface area contributed by atoms with Crippen molar-refractivity contribution in [3.05, 3.63) is 77.4 Å². The maximum absolute atomic E-state index is 14.0. The third-order valence-electron chi connectivity index (χ3n) is 5.20. The Labute approximate surface area is 187 Å². The molecule has 2 aromatic heterocycles. The van der Waals surface area contributed by atoms with Gasteiger partial charge in [-0.05, 0) is 62.0 Å². The summed E-state index contributed by atoms with van der Waals surface area (Å²) in [5.41, 5.74) is 2.93. The summed E-state index contributed by atoms with van der Waals surface area (Å²) >= 11 is 0. The molecule has 0 spiro atoms. The molecule has 1 saturated carbocycles. The van der Waals surface area contributed by atoms with E-state index in [0.29, 0.717) is 40.5 Å². The normalized spacial score (nSPS) is 14.2. The fourth-order valence-electron chi connectivity index (χ4n) is 2.94. The van der Waals surface area contributed by atoms with Crippen LogP contribution in [0.4, 0.5) is 4.39 Å². The maximum atomic E-state index is 14.0. The number of amides is 1. The number of hydrogen-bond acceptors (Lipinski definition) is 5. The Hall–Kier alpha value is -3.32. The number of nitrogens with zero attached hydrogens (tertiary/aromatic N) is 2. The highest BCUT2D eigenvalue weighted by molar-refractivity contribution is 5.97. The molecule has 0 atom stereocenters. The van der Waals surface area contributed by atoms with Gasteiger partial charge in [0.2, 0.25) is 5.88 Å². The molecule has 1 amide bonds. The number of carbonyl (C=O) groups excluding carboxylic acids is 1. The molecule has 32 heavy (non-hydrogen) atoms. The van der Waals surface area contributed by atoms with Gasteiger partial charge in [-0.25, -0.2) is 9.37 Å². The first-order valence-electron chi connectivity index (χ1n) is 10.6. The van der Waals surface area contributed by atoms with Gasteiger partial charge in [0.15, 0.2) is 0 Å². The number of allylic oxidation sites excluding steroid dienone is 3. The zero-order valence-electron chi connectivity index (χ0n) is 18.4. The highest BCUT2D eigenvalue weighted by Gasteiger charge is 2.24. The van der Waals surface area contributed by atoms with E-state index in [2.05, 4.69) is 21.9 Å². The summed E-state index contributed by atoms with van der Waals surface area (Å²) in [5, 5.41) is 12.4. The number of rotatable bonds is 10. The first-order chi connectivity index (χ1) is 15.4. The molecule has 7 heteroatoms. The molecule has 0 radical (unpaired) electrons. The van der Waals surface area contributed by atoms with Crippen molar-refractivity contribution in [3.8, 4) is 17.1 Å². The molecule has 2 aromatic rings. The largest absolute Gasteiger partial charge is 0.477 e. The smallest absolute Gasteiger partial charge is 0.257 e. The van der Waals surface area contributed by atoms with Gasteiger partial charge >= 0.3 is 0 Å². The van der Waals surface area contributed by atoms with Crippen LogP contribution >= 0.6 is 0 Å². The second-order valence-electron chi connectivity index (χ2n) is 7.81. The number of carbonyl (C=O) groups is 1. The quantitative estimate of drug-likeness (QED) is 0.534. The van der Waals surface area contributed by atoms with Crippen molar-refractivity contribution in [2.75, 3.05) is 13.2 Å². The highest BCUT2D eigenvalue weighted by Crippen LogP contribution is 2.31. The van der Waals surface area contributed by atoms with Crippen LogP contribution in [0.1, 0.15) is 42.6 Å². The molecular weight excluding hydrogens is 409 g/mol. The Morgan fingerprint density at radius 2 is 2.19 bits per heavy atom. The van der Waals surface area contributed by atoms with E-state index in [9.17, 15) is 14.3 Å². The minimum atomic E-state index is -0.413. The van der Waals surface area contributed by atoms with Gasteiger partial charge in [0.25, 0.3) is 5.91 Å². The molecule has 1 aliphatic rings. The Balaban J connectivity index is 1.82. The predicted molar refractivity (Wildman–Crippen MR) is 122 cm³/mol. The van der Waals surface area contributed by atoms with Gasteiger partial charge in [0.05, 0.1) is 18.9 Å². The molecule has 0 saturated heterocycles. The Morgan fingerprint density at radius 3 is 2.88 bits per heavy atom. The van der Waals surface area contributed by atoms with Crippen LogP contribution in [0.5, 0.6) is 5.88 Å². The van der Waals surface area contributed by atoms with Gasteiger partial charge in [0, 0.05) is 30.1 Å². The molecule has 3 rings (SSSR count). The number of aliphatic hydroxyl groups is 1. The summed E-state index contributed by atoms with van der Waals surface area (Å²) in [7, 11) is 0. The van der Waals surface area contributed by atoms with Gasteiger partial charge in [0.1, 0.15) is 11.4 Å². The standard InChI is InChI=1S/C25H28FN3O3/c1-4-17(3)22(26)10-16(2)12-28-24(31)21-11-20(23-19(14-30)6-5-9-27-23)13-29-25(21)32-15-18-7-8-18/h4-6,9-11,13,18,30H,2,7-8,12,14-15H2,1,3H3,(H,28,31)/b17-4-,22-10+. The van der Waals surface area contributed by atoms with E-state index < -0.39 is 11.7 Å². The van der Waals surface area contributed by atoms with Crippen molar-refractivity contribution in [1.29, 1.82) is 0 Å². The predicted octanol–water partition coefficient (Wildman–Crippen LogP) is 4.53. The lowest BCUT2D eigenvalue weighted by molar-refractivity contribution is 0.0952. The molecule has 1 fully saturated rings. The molecule has 0 aliphatic heterocycles. The maximum Gasteiger partial charge on any atom is 0.257 e. The molecular formula is C25H28FN3O3. The number of halogens is 1. The number of aliphatic hydroxyl groups excluding tert-OH is 1. The molecule has 168 valence electrons. The monoisotopic (exact) mass is 437 g/mol. The lowest BCUT2D eigenvalue weighted by atomic mass is 10.1. The minimum absolute atomic E-state index is 0.0705. The Kier molecular flexibility index (Phi) is 7.89. The molecule has 2 heterocycles. The van der Waals surface area contributed by atoms with Crippen molar-refractivity contribution in [2.45, 2.75) is 33.3 Å². The summed E-state index contributed by atoms with van der Waals surface area (Å²) in [6.07, 6.45) is 8.38. The van der Waals surface area contributed by atoms with Crippen LogP contribution in [0.15, 0.2) is 66.3 Å². The van der Waals surface area contributed by atoms with Crippen molar-refractivity contribution < 1.29 is 19.0 Å². The van der Waals surface area contributed by atoms with Crippen molar-refractivity contribution in [1.82, 2.24) is 15.3 Å². The van der Waals surface area contributed by atoms with E-state index in [1.165, 1.54) is 6.08 Å². The number of pyridine rings is 2. The summed E-state index contributed by atoms with van der Waals surface area (Å²) in [6.45, 7) is 7.61. The molecule has 1 aliphatic carbocycles. The van der Waals surface area contributed by atoms with Crippen molar-refractivity contribution in [3.63, 3.8) is 0 Å². The Bertz CT molecular complexity index is 1060. The van der Waals surface area contributed by atoms with Gasteiger partial charge < -0.3 is 15.2 Å². The Morgan fingerprint density at radius 1 is 1.41 bits per heavy atom. The number of nitrogens with one attached hydrogen (secondary N) is 1. The van der Waals surface area contributed by atoms with E-state index in [1.807, 2.05) is 0 Å². The zero-order chi connectivity index (χ0) is 23.1. The molecule has 2 N–H and O–H groups in total. The average Bonchev–Trinajstić information content (AvgIpc) is 3.65. The fraction of sp³-hybridized carbons (Fsp3) is 0.320. The average molecular weight is 438 g/mol. The number of ether oxygens (including phenoxy) is 1. The lowest BCUT2D eigenvalue weighted by Gasteiger charge is -2.13. The summed E-state index contributed by atoms with van der Waals surface area (Å²) < 4.78 is 19.8. The summed E-state index contributed by atoms with van der Waals surface area (Å²) in [5.74, 6) is -0.0801. The zero-order valence-corrected chi connectivity index (χ0v) is 18.4. The topological polar surface area (TPSA) is 84.3 Å². The molecule has 0 unspecified atom stereocenters. The summed E-state index contributed by atoms with van der Waals surface area (Å²) in [6, 6.07) is 5.14. The van der Waals surface area contributed by atoms with Crippen LogP contribution in [0, 0.1) is 5.92 Å².